The quantitative estimate of drug-likeness (QED) is 0.395. The number of ether oxygens (including phenoxy) is 2. The minimum Gasteiger partial charge on any atom is -0.469 e. The van der Waals surface area contributed by atoms with E-state index in [0.29, 0.717) is 13.0 Å². The highest BCUT2D eigenvalue weighted by molar-refractivity contribution is 7.17. The highest BCUT2D eigenvalue weighted by Crippen LogP contribution is 2.20. The Balaban J connectivity index is 2.29. The van der Waals surface area contributed by atoms with Gasteiger partial charge in [-0.2, -0.15) is 0 Å². The summed E-state index contributed by atoms with van der Waals surface area (Å²) >= 11 is 0. The molecule has 1 aromatic rings. The number of carbonyl (C=O) groups is 2. The standard InChI is InChI=1S/C19H30NO6P/c1-15(12-17(14-26-27-23)18(21)24-3)8-7-11-20(2)19(22)25-13-16-9-5-4-6-10-16/h4-6,9-10,15,17H,7-8,11-14,27H2,1-3H3. The van der Waals surface area contributed by atoms with Crippen LogP contribution in [0.15, 0.2) is 30.3 Å². The van der Waals surface area contributed by atoms with Crippen molar-refractivity contribution in [1.82, 2.24) is 4.90 Å². The number of esters is 1. The molecular weight excluding hydrogens is 369 g/mol. The number of methoxy groups -OCH3 is 1. The Morgan fingerprint density at radius 2 is 1.93 bits per heavy atom. The van der Waals surface area contributed by atoms with E-state index in [1.807, 2.05) is 37.3 Å². The molecular formula is C19H30NO6P. The van der Waals surface area contributed by atoms with E-state index in [2.05, 4.69) is 0 Å². The molecule has 0 saturated heterocycles. The molecule has 0 saturated carbocycles. The van der Waals surface area contributed by atoms with Crippen molar-refractivity contribution in [3.05, 3.63) is 35.9 Å². The van der Waals surface area contributed by atoms with Gasteiger partial charge in [0.1, 0.15) is 6.61 Å². The van der Waals surface area contributed by atoms with Crippen LogP contribution < -0.4 is 0 Å². The molecule has 1 amide bonds. The number of amides is 1. The van der Waals surface area contributed by atoms with Crippen LogP contribution in [0.5, 0.6) is 0 Å². The average molecular weight is 399 g/mol. The number of hydrogen-bond acceptors (Lipinski definition) is 6. The zero-order valence-corrected chi connectivity index (χ0v) is 17.4. The molecule has 0 bridgehead atoms. The van der Waals surface area contributed by atoms with Crippen molar-refractivity contribution in [3.63, 3.8) is 0 Å². The Bertz CT molecular complexity index is 583. The summed E-state index contributed by atoms with van der Waals surface area (Å²) < 4.78 is 25.5. The van der Waals surface area contributed by atoms with E-state index in [0.717, 1.165) is 18.4 Å². The summed E-state index contributed by atoms with van der Waals surface area (Å²) in [5, 5.41) is 0. The third kappa shape index (κ3) is 9.59. The Kier molecular flexibility index (Phi) is 11.5. The first-order chi connectivity index (χ1) is 13.0. The molecule has 0 N–H and O–H groups in total. The Morgan fingerprint density at radius 3 is 2.56 bits per heavy atom. The third-order valence-corrected chi connectivity index (χ3v) is 4.62. The number of carbonyl (C=O) groups excluding carboxylic acids is 2. The van der Waals surface area contributed by atoms with Crippen LogP contribution in [0.3, 0.4) is 0 Å². The predicted octanol–water partition coefficient (Wildman–Crippen LogP) is 3.54. The van der Waals surface area contributed by atoms with Crippen LogP contribution in [0, 0.1) is 11.8 Å². The maximum Gasteiger partial charge on any atom is 0.409 e. The molecule has 0 aliphatic carbocycles. The second-order valence-electron chi connectivity index (χ2n) is 6.59. The first-order valence-corrected chi connectivity index (χ1v) is 9.97. The SMILES string of the molecule is COC(=O)C(CO[PH2]=O)CC(C)CCCN(C)C(=O)OCc1ccccc1. The lowest BCUT2D eigenvalue weighted by atomic mass is 9.93. The highest BCUT2D eigenvalue weighted by Gasteiger charge is 2.22. The van der Waals surface area contributed by atoms with E-state index < -0.39 is 14.6 Å². The number of benzene rings is 1. The normalized spacial score (nSPS) is 13.3. The molecule has 1 aromatic carbocycles. The monoisotopic (exact) mass is 399 g/mol. The van der Waals surface area contributed by atoms with Gasteiger partial charge >= 0.3 is 12.1 Å². The Morgan fingerprint density at radius 1 is 1.22 bits per heavy atom. The van der Waals surface area contributed by atoms with Crippen LogP contribution in [0.25, 0.3) is 0 Å². The van der Waals surface area contributed by atoms with Crippen LogP contribution in [0.1, 0.15) is 31.7 Å². The van der Waals surface area contributed by atoms with Crippen molar-refractivity contribution in [2.24, 2.45) is 11.8 Å². The second-order valence-corrected chi connectivity index (χ2v) is 7.12. The van der Waals surface area contributed by atoms with Crippen LogP contribution in [0.4, 0.5) is 4.79 Å². The molecule has 1 rings (SSSR count). The van der Waals surface area contributed by atoms with Gasteiger partial charge in [0, 0.05) is 13.6 Å². The van der Waals surface area contributed by atoms with Gasteiger partial charge in [-0.05, 0) is 30.7 Å². The summed E-state index contributed by atoms with van der Waals surface area (Å²) in [6.07, 6.45) is 1.87. The number of nitrogens with zero attached hydrogens (tertiary/aromatic N) is 1. The lowest BCUT2D eigenvalue weighted by Crippen LogP contribution is -2.29. The van der Waals surface area contributed by atoms with Crippen molar-refractivity contribution < 1.29 is 28.2 Å². The summed E-state index contributed by atoms with van der Waals surface area (Å²) in [5.41, 5.74) is 0.948. The van der Waals surface area contributed by atoms with Crippen LogP contribution in [-0.2, 0) is 30.0 Å². The first-order valence-electron chi connectivity index (χ1n) is 9.02. The van der Waals surface area contributed by atoms with E-state index in [1.165, 1.54) is 7.11 Å². The first kappa shape index (κ1) is 23.2. The van der Waals surface area contributed by atoms with Crippen molar-refractivity contribution in [2.45, 2.75) is 32.8 Å². The van der Waals surface area contributed by atoms with Gasteiger partial charge in [-0.3, -0.25) is 9.36 Å². The van der Waals surface area contributed by atoms with Crippen LogP contribution >= 0.6 is 8.69 Å². The minimum absolute atomic E-state index is 0.113. The van der Waals surface area contributed by atoms with Crippen molar-refractivity contribution in [2.75, 3.05) is 27.3 Å². The van der Waals surface area contributed by atoms with E-state index >= 15 is 0 Å². The van der Waals surface area contributed by atoms with E-state index in [1.54, 1.807) is 11.9 Å². The van der Waals surface area contributed by atoms with Crippen LogP contribution in [0.2, 0.25) is 0 Å². The zero-order valence-electron chi connectivity index (χ0n) is 16.3. The summed E-state index contributed by atoms with van der Waals surface area (Å²) in [7, 11) is 1.71. The topological polar surface area (TPSA) is 82.1 Å². The Hall–Kier alpha value is -1.85. The fourth-order valence-electron chi connectivity index (χ4n) is 2.76. The van der Waals surface area contributed by atoms with Gasteiger partial charge < -0.3 is 18.9 Å². The molecule has 0 radical (unpaired) electrons. The molecule has 0 spiro atoms. The molecule has 7 nitrogen and oxygen atoms in total. The lowest BCUT2D eigenvalue weighted by molar-refractivity contribution is -0.147. The summed E-state index contributed by atoms with van der Waals surface area (Å²) in [4.78, 5) is 25.3. The molecule has 0 aromatic heterocycles. The summed E-state index contributed by atoms with van der Waals surface area (Å²) in [6, 6.07) is 9.53. The lowest BCUT2D eigenvalue weighted by Gasteiger charge is -2.20. The van der Waals surface area contributed by atoms with Gasteiger partial charge in [-0.15, -0.1) is 0 Å². The number of hydrogen-bond donors (Lipinski definition) is 0. The van der Waals surface area contributed by atoms with Gasteiger partial charge in [0.2, 0.25) is 0 Å². The van der Waals surface area contributed by atoms with Gasteiger partial charge in [-0.1, -0.05) is 37.3 Å². The van der Waals surface area contributed by atoms with Gasteiger partial charge in [-0.25, -0.2) is 4.79 Å². The fourth-order valence-corrected chi connectivity index (χ4v) is 3.07. The van der Waals surface area contributed by atoms with Gasteiger partial charge in [0.15, 0.2) is 8.69 Å². The number of rotatable bonds is 12. The smallest absolute Gasteiger partial charge is 0.409 e. The molecule has 0 aliphatic rings. The van der Waals surface area contributed by atoms with Crippen molar-refractivity contribution in [1.29, 1.82) is 0 Å². The molecule has 8 heteroatoms. The van der Waals surface area contributed by atoms with Gasteiger partial charge in [0.05, 0.1) is 19.6 Å². The third-order valence-electron chi connectivity index (χ3n) is 4.29. The maximum atomic E-state index is 12.0. The van der Waals surface area contributed by atoms with E-state index in [4.69, 9.17) is 14.0 Å². The second kappa shape index (κ2) is 13.3. The largest absolute Gasteiger partial charge is 0.469 e. The molecule has 27 heavy (non-hydrogen) atoms. The fraction of sp³-hybridized carbons (Fsp3) is 0.579. The maximum absolute atomic E-state index is 12.0. The zero-order chi connectivity index (χ0) is 20.1. The molecule has 0 aliphatic heterocycles. The Labute approximate surface area is 162 Å². The van der Waals surface area contributed by atoms with E-state index in [-0.39, 0.29) is 31.2 Å². The molecule has 3 atom stereocenters. The summed E-state index contributed by atoms with van der Waals surface area (Å²) in [5.74, 6) is -0.524. The van der Waals surface area contributed by atoms with Crippen molar-refractivity contribution >= 4 is 20.7 Å². The van der Waals surface area contributed by atoms with E-state index in [9.17, 15) is 14.2 Å². The molecule has 152 valence electrons. The molecule has 0 fully saturated rings. The summed E-state index contributed by atoms with van der Waals surface area (Å²) in [6.45, 7) is 2.97. The minimum atomic E-state index is -1.33. The predicted molar refractivity (Wildman–Crippen MR) is 104 cm³/mol. The van der Waals surface area contributed by atoms with Crippen molar-refractivity contribution in [3.8, 4) is 0 Å². The molecule has 3 unspecified atom stereocenters. The molecule has 0 heterocycles. The van der Waals surface area contributed by atoms with Gasteiger partial charge in [0.25, 0.3) is 0 Å². The van der Waals surface area contributed by atoms with Crippen LogP contribution in [-0.4, -0.2) is 44.3 Å². The average Bonchev–Trinajstić information content (AvgIpc) is 2.69. The highest BCUT2D eigenvalue weighted by atomic mass is 31.1.